The highest BCUT2D eigenvalue weighted by atomic mass is 32.2. The van der Waals surface area contributed by atoms with Crippen LogP contribution in [-0.4, -0.2) is 39.5 Å². The van der Waals surface area contributed by atoms with Crippen LogP contribution in [0, 0.1) is 5.41 Å². The maximum Gasteiger partial charge on any atom is 0.188 e. The third-order valence-electron chi connectivity index (χ3n) is 3.95. The highest BCUT2D eigenvalue weighted by Gasteiger charge is 2.45. The zero-order valence-electron chi connectivity index (χ0n) is 13.5. The monoisotopic (exact) mass is 317 g/mol. The Balaban J connectivity index is 2.13. The number of nitrogens with one attached hydrogen (secondary N) is 1. The summed E-state index contributed by atoms with van der Waals surface area (Å²) >= 11 is 0. The third-order valence-corrected chi connectivity index (χ3v) is 5.08. The fourth-order valence-corrected chi connectivity index (χ4v) is 4.00. The Bertz CT molecular complexity index is 428. The van der Waals surface area contributed by atoms with Crippen molar-refractivity contribution in [2.75, 3.05) is 25.1 Å². The predicted molar refractivity (Wildman–Crippen MR) is 89.2 cm³/mol. The van der Waals surface area contributed by atoms with Crippen molar-refractivity contribution in [3.63, 3.8) is 0 Å². The molecule has 0 unspecified atom stereocenters. The fourth-order valence-electron chi connectivity index (χ4n) is 2.51. The number of unbranched alkanes of at least 4 members (excludes halogenated alkanes) is 5. The Morgan fingerprint density at radius 1 is 1.19 bits per heavy atom. The topological polar surface area (TPSA) is 84.5 Å². The van der Waals surface area contributed by atoms with Gasteiger partial charge in [0.2, 0.25) is 0 Å². The first-order valence-corrected chi connectivity index (χ1v) is 10.1. The molecule has 0 radical (unpaired) electrons. The van der Waals surface area contributed by atoms with Crippen molar-refractivity contribution in [2.45, 2.75) is 58.3 Å². The number of sulfone groups is 1. The minimum absolute atomic E-state index is 0.139. The Labute approximate surface area is 129 Å². The van der Waals surface area contributed by atoms with E-state index in [2.05, 4.69) is 17.2 Å². The van der Waals surface area contributed by atoms with Gasteiger partial charge in [-0.15, -0.1) is 0 Å². The summed E-state index contributed by atoms with van der Waals surface area (Å²) in [5.41, 5.74) is 5.69. The summed E-state index contributed by atoms with van der Waals surface area (Å²) in [6.07, 6.45) is 10.7. The molecule has 124 valence electrons. The molecule has 0 bridgehead atoms. The van der Waals surface area contributed by atoms with Gasteiger partial charge in [0.05, 0.1) is 5.75 Å². The van der Waals surface area contributed by atoms with Gasteiger partial charge >= 0.3 is 0 Å². The highest BCUT2D eigenvalue weighted by molar-refractivity contribution is 7.90. The van der Waals surface area contributed by atoms with Crippen LogP contribution in [0.15, 0.2) is 4.99 Å². The van der Waals surface area contributed by atoms with Crippen LogP contribution in [0.4, 0.5) is 0 Å². The van der Waals surface area contributed by atoms with E-state index in [4.69, 9.17) is 5.73 Å². The number of hydrogen-bond donors (Lipinski definition) is 2. The Morgan fingerprint density at radius 3 is 2.38 bits per heavy atom. The second-order valence-corrected chi connectivity index (χ2v) is 8.61. The summed E-state index contributed by atoms with van der Waals surface area (Å²) < 4.78 is 22.7. The maximum absolute atomic E-state index is 11.4. The molecule has 1 aliphatic carbocycles. The van der Waals surface area contributed by atoms with Gasteiger partial charge in [0.25, 0.3) is 0 Å². The quantitative estimate of drug-likeness (QED) is 0.347. The van der Waals surface area contributed by atoms with E-state index in [1.54, 1.807) is 0 Å². The van der Waals surface area contributed by atoms with Gasteiger partial charge in [-0.25, -0.2) is 8.42 Å². The SMILES string of the molecule is CCCCCCCCNC(N)=NCC1(CS(C)(=O)=O)CC1. The molecule has 21 heavy (non-hydrogen) atoms. The number of guanidine groups is 1. The van der Waals surface area contributed by atoms with Crippen LogP contribution in [0.1, 0.15) is 58.3 Å². The number of aliphatic imine (C=N–C) groups is 1. The van der Waals surface area contributed by atoms with E-state index in [9.17, 15) is 8.42 Å². The number of rotatable bonds is 11. The van der Waals surface area contributed by atoms with Crippen molar-refractivity contribution in [3.8, 4) is 0 Å². The van der Waals surface area contributed by atoms with E-state index < -0.39 is 9.84 Å². The van der Waals surface area contributed by atoms with Gasteiger partial charge < -0.3 is 11.1 Å². The van der Waals surface area contributed by atoms with E-state index in [0.717, 1.165) is 25.8 Å². The predicted octanol–water partition coefficient (Wildman–Crippen LogP) is 2.08. The summed E-state index contributed by atoms with van der Waals surface area (Å²) in [6.45, 7) is 3.59. The normalized spacial score (nSPS) is 17.7. The lowest BCUT2D eigenvalue weighted by Crippen LogP contribution is -2.33. The molecule has 5 nitrogen and oxygen atoms in total. The van der Waals surface area contributed by atoms with Gasteiger partial charge in [-0.05, 0) is 19.3 Å². The van der Waals surface area contributed by atoms with Crippen molar-refractivity contribution >= 4 is 15.8 Å². The summed E-state index contributed by atoms with van der Waals surface area (Å²) in [5.74, 6) is 0.678. The molecule has 1 fully saturated rings. The Morgan fingerprint density at radius 2 is 1.81 bits per heavy atom. The molecule has 0 atom stereocenters. The van der Waals surface area contributed by atoms with Gasteiger partial charge in [0, 0.05) is 24.8 Å². The molecule has 0 aromatic carbocycles. The first-order valence-electron chi connectivity index (χ1n) is 8.08. The molecule has 1 rings (SSSR count). The van der Waals surface area contributed by atoms with Gasteiger partial charge in [0.15, 0.2) is 5.96 Å². The van der Waals surface area contributed by atoms with Gasteiger partial charge in [-0.3, -0.25) is 4.99 Å². The highest BCUT2D eigenvalue weighted by Crippen LogP contribution is 2.46. The van der Waals surface area contributed by atoms with Crippen molar-refractivity contribution in [1.82, 2.24) is 5.32 Å². The molecule has 0 aliphatic heterocycles. The molecule has 6 heteroatoms. The number of nitrogens with zero attached hydrogens (tertiary/aromatic N) is 1. The van der Waals surface area contributed by atoms with E-state index in [1.165, 1.54) is 38.4 Å². The molecule has 1 saturated carbocycles. The summed E-state index contributed by atoms with van der Waals surface area (Å²) in [5, 5.41) is 3.12. The number of nitrogens with two attached hydrogens (primary N) is 1. The largest absolute Gasteiger partial charge is 0.370 e. The first kappa shape index (κ1) is 18.3. The van der Waals surface area contributed by atoms with Crippen LogP contribution in [0.3, 0.4) is 0 Å². The van der Waals surface area contributed by atoms with Crippen LogP contribution < -0.4 is 11.1 Å². The average molecular weight is 317 g/mol. The Hall–Kier alpha value is -0.780. The van der Waals surface area contributed by atoms with E-state index >= 15 is 0 Å². The number of hydrogen-bond acceptors (Lipinski definition) is 3. The molecular weight excluding hydrogens is 286 g/mol. The third kappa shape index (κ3) is 8.96. The van der Waals surface area contributed by atoms with Crippen LogP contribution in [0.2, 0.25) is 0 Å². The van der Waals surface area contributed by atoms with Crippen molar-refractivity contribution in [2.24, 2.45) is 16.1 Å². The zero-order valence-corrected chi connectivity index (χ0v) is 14.3. The summed E-state index contributed by atoms with van der Waals surface area (Å²) in [7, 11) is -2.93. The summed E-state index contributed by atoms with van der Waals surface area (Å²) in [4.78, 5) is 4.31. The summed E-state index contributed by atoms with van der Waals surface area (Å²) in [6, 6.07) is 0. The molecule has 0 spiro atoms. The molecule has 0 heterocycles. The van der Waals surface area contributed by atoms with Gasteiger partial charge in [0.1, 0.15) is 9.84 Å². The second-order valence-electron chi connectivity index (χ2n) is 6.47. The standard InChI is InChI=1S/C15H31N3O2S/c1-3-4-5-6-7-8-11-17-14(16)18-12-15(9-10-15)13-21(2,19)20/h3-13H2,1-2H3,(H3,16,17,18). The molecule has 0 amide bonds. The smallest absolute Gasteiger partial charge is 0.188 e. The van der Waals surface area contributed by atoms with Gasteiger partial charge in [-0.1, -0.05) is 39.0 Å². The van der Waals surface area contributed by atoms with Crippen molar-refractivity contribution in [3.05, 3.63) is 0 Å². The van der Waals surface area contributed by atoms with Crippen LogP contribution in [-0.2, 0) is 9.84 Å². The minimum Gasteiger partial charge on any atom is -0.370 e. The van der Waals surface area contributed by atoms with Crippen molar-refractivity contribution < 1.29 is 8.42 Å². The minimum atomic E-state index is -2.93. The first-order chi connectivity index (χ1) is 9.87. The fraction of sp³-hybridized carbons (Fsp3) is 0.933. The van der Waals surface area contributed by atoms with Gasteiger partial charge in [-0.2, -0.15) is 0 Å². The van der Waals surface area contributed by atoms with E-state index in [1.807, 2.05) is 0 Å². The molecule has 0 aromatic rings. The van der Waals surface area contributed by atoms with Crippen LogP contribution >= 0.6 is 0 Å². The van der Waals surface area contributed by atoms with Crippen molar-refractivity contribution in [1.29, 1.82) is 0 Å². The lowest BCUT2D eigenvalue weighted by atomic mass is 10.1. The molecular formula is C15H31N3O2S. The zero-order chi connectivity index (χ0) is 15.8. The average Bonchev–Trinajstić information content (AvgIpc) is 3.13. The Kier molecular flexibility index (Phi) is 7.49. The molecule has 1 aliphatic rings. The molecule has 0 saturated heterocycles. The van der Waals surface area contributed by atoms with Crippen LogP contribution in [0.25, 0.3) is 0 Å². The lowest BCUT2D eigenvalue weighted by Gasteiger charge is -2.11. The van der Waals surface area contributed by atoms with Crippen LogP contribution in [0.5, 0.6) is 0 Å². The molecule has 0 aromatic heterocycles. The maximum atomic E-state index is 11.4. The van der Waals surface area contributed by atoms with E-state index in [0.29, 0.717) is 12.5 Å². The van der Waals surface area contributed by atoms with E-state index in [-0.39, 0.29) is 11.2 Å². The second kappa shape index (κ2) is 8.61. The lowest BCUT2D eigenvalue weighted by molar-refractivity contribution is 0.550. The molecule has 3 N–H and O–H groups in total.